The number of phenolic OH excluding ortho intramolecular Hbond substituents is 1. The number of methoxy groups -OCH3 is 2. The first-order chi connectivity index (χ1) is 17.6. The molecule has 1 unspecified atom stereocenters. The smallest absolute Gasteiger partial charge is 0.337 e. The average Bonchev–Trinajstić information content (AvgIpc) is 2.89. The van der Waals surface area contributed by atoms with Gasteiger partial charge in [0.25, 0.3) is 5.91 Å². The number of aromatic hydroxyl groups is 1. The fourth-order valence-corrected chi connectivity index (χ4v) is 3.47. The summed E-state index contributed by atoms with van der Waals surface area (Å²) in [5.41, 5.74) is 7.40. The van der Waals surface area contributed by atoms with Crippen molar-refractivity contribution in [3.8, 4) is 17.2 Å². The Morgan fingerprint density at radius 3 is 2.32 bits per heavy atom. The monoisotopic (exact) mass is 514 g/mol. The standard InChI is InChI=1S/C27H34N2O8/c1-5-6-11-37-16-25(31)29(2)21-13-17(7-9-19(21)27(33)34)12-20(28)22(30)10-8-18-14-23(35-3)26(32)24(15-18)36-4/h7-10,13-15,20,32H,5-6,11-12,16,28H2,1-4H3,(H,33,34)/b10-8+. The zero-order valence-electron chi connectivity index (χ0n) is 21.5. The highest BCUT2D eigenvalue weighted by Crippen LogP contribution is 2.37. The van der Waals surface area contributed by atoms with Crippen molar-refractivity contribution < 1.29 is 38.8 Å². The molecule has 200 valence electrons. The minimum atomic E-state index is -1.18. The molecule has 10 heteroatoms. The van der Waals surface area contributed by atoms with Crippen LogP contribution in [0.4, 0.5) is 5.69 Å². The molecule has 37 heavy (non-hydrogen) atoms. The molecule has 0 aromatic heterocycles. The van der Waals surface area contributed by atoms with Crippen molar-refractivity contribution in [1.29, 1.82) is 0 Å². The quantitative estimate of drug-likeness (QED) is 0.255. The van der Waals surface area contributed by atoms with Crippen LogP contribution in [0.3, 0.4) is 0 Å². The molecule has 4 N–H and O–H groups in total. The second-order valence-corrected chi connectivity index (χ2v) is 8.34. The number of carboxylic acid groups (broad SMARTS) is 1. The molecular weight excluding hydrogens is 480 g/mol. The van der Waals surface area contributed by atoms with Crippen LogP contribution in [0, 0.1) is 0 Å². The van der Waals surface area contributed by atoms with Crippen molar-refractivity contribution in [3.63, 3.8) is 0 Å². The van der Waals surface area contributed by atoms with Crippen molar-refractivity contribution in [1.82, 2.24) is 0 Å². The van der Waals surface area contributed by atoms with Gasteiger partial charge in [0.2, 0.25) is 5.75 Å². The second kappa shape index (κ2) is 14.0. The Morgan fingerprint density at radius 2 is 1.76 bits per heavy atom. The summed E-state index contributed by atoms with van der Waals surface area (Å²) in [6.45, 7) is 2.28. The summed E-state index contributed by atoms with van der Waals surface area (Å²) in [5.74, 6) is -1.71. The number of nitrogens with zero attached hydrogens (tertiary/aromatic N) is 1. The van der Waals surface area contributed by atoms with Gasteiger partial charge < -0.3 is 35.1 Å². The number of hydrogen-bond donors (Lipinski definition) is 3. The number of nitrogens with two attached hydrogens (primary N) is 1. The molecule has 0 heterocycles. The molecule has 0 fully saturated rings. The van der Waals surface area contributed by atoms with Gasteiger partial charge in [-0.15, -0.1) is 0 Å². The van der Waals surface area contributed by atoms with Crippen molar-refractivity contribution in [3.05, 3.63) is 53.1 Å². The number of anilines is 1. The Morgan fingerprint density at radius 1 is 1.11 bits per heavy atom. The molecule has 2 rings (SSSR count). The van der Waals surface area contributed by atoms with Crippen LogP contribution in [-0.4, -0.2) is 68.4 Å². The van der Waals surface area contributed by atoms with E-state index in [4.69, 9.17) is 19.9 Å². The van der Waals surface area contributed by atoms with Crippen LogP contribution >= 0.6 is 0 Å². The fraction of sp³-hybridized carbons (Fsp3) is 0.370. The summed E-state index contributed by atoms with van der Waals surface area (Å²) < 4.78 is 15.6. The molecule has 0 spiro atoms. The number of rotatable bonds is 14. The maximum absolute atomic E-state index is 12.7. The van der Waals surface area contributed by atoms with E-state index in [-0.39, 0.29) is 53.2 Å². The van der Waals surface area contributed by atoms with Gasteiger partial charge in [-0.3, -0.25) is 9.59 Å². The second-order valence-electron chi connectivity index (χ2n) is 8.34. The van der Waals surface area contributed by atoms with Gasteiger partial charge in [-0.1, -0.05) is 25.5 Å². The third-order valence-corrected chi connectivity index (χ3v) is 5.66. The Bertz CT molecular complexity index is 1120. The Balaban J connectivity index is 2.17. The van der Waals surface area contributed by atoms with Crippen LogP contribution in [0.25, 0.3) is 6.08 Å². The van der Waals surface area contributed by atoms with Crippen LogP contribution in [0.1, 0.15) is 41.3 Å². The number of carbonyl (C=O) groups excluding carboxylic acids is 2. The van der Waals surface area contributed by atoms with Gasteiger partial charge in [-0.2, -0.15) is 0 Å². The topological polar surface area (TPSA) is 149 Å². The molecule has 0 radical (unpaired) electrons. The van der Waals surface area contributed by atoms with Crippen molar-refractivity contribution in [2.24, 2.45) is 5.73 Å². The van der Waals surface area contributed by atoms with Gasteiger partial charge in [-0.05, 0) is 54.3 Å². The zero-order chi connectivity index (χ0) is 27.5. The number of benzene rings is 2. The number of ether oxygens (including phenoxy) is 3. The number of unbranched alkanes of at least 4 members (excludes halogenated alkanes) is 1. The van der Waals surface area contributed by atoms with E-state index in [0.717, 1.165) is 12.8 Å². The van der Waals surface area contributed by atoms with E-state index in [2.05, 4.69) is 0 Å². The number of likely N-dealkylation sites (N-methyl/N-ethyl adjacent to an activating group) is 1. The van der Waals surface area contributed by atoms with E-state index in [0.29, 0.717) is 17.7 Å². The van der Waals surface area contributed by atoms with Crippen molar-refractivity contribution in [2.75, 3.05) is 39.4 Å². The van der Waals surface area contributed by atoms with Crippen molar-refractivity contribution >= 4 is 29.4 Å². The van der Waals surface area contributed by atoms with E-state index in [1.807, 2.05) is 6.92 Å². The molecule has 0 saturated heterocycles. The molecule has 0 aliphatic rings. The van der Waals surface area contributed by atoms with E-state index in [1.165, 1.54) is 44.4 Å². The van der Waals surface area contributed by atoms with Crippen molar-refractivity contribution in [2.45, 2.75) is 32.2 Å². The van der Waals surface area contributed by atoms with E-state index < -0.39 is 12.0 Å². The summed E-state index contributed by atoms with van der Waals surface area (Å²) in [6, 6.07) is 6.66. The minimum Gasteiger partial charge on any atom is -0.502 e. The first-order valence-electron chi connectivity index (χ1n) is 11.8. The van der Waals surface area contributed by atoms with Crippen LogP contribution in [0.15, 0.2) is 36.4 Å². The Hall–Kier alpha value is -3.89. The first-order valence-corrected chi connectivity index (χ1v) is 11.8. The number of hydrogen-bond acceptors (Lipinski definition) is 8. The molecule has 2 aromatic carbocycles. The largest absolute Gasteiger partial charge is 0.502 e. The fourth-order valence-electron chi connectivity index (χ4n) is 3.47. The molecule has 2 aromatic rings. The molecule has 0 saturated carbocycles. The maximum atomic E-state index is 12.7. The van der Waals surface area contributed by atoms with Crippen LogP contribution in [-0.2, 0) is 20.7 Å². The highest BCUT2D eigenvalue weighted by atomic mass is 16.5. The van der Waals surface area contributed by atoms with E-state index in [9.17, 15) is 24.6 Å². The molecule has 10 nitrogen and oxygen atoms in total. The lowest BCUT2D eigenvalue weighted by Crippen LogP contribution is -2.33. The minimum absolute atomic E-state index is 0.0526. The zero-order valence-corrected chi connectivity index (χ0v) is 21.5. The lowest BCUT2D eigenvalue weighted by Gasteiger charge is -2.21. The highest BCUT2D eigenvalue weighted by Gasteiger charge is 2.21. The number of carboxylic acids is 1. The van der Waals surface area contributed by atoms with Gasteiger partial charge in [0.05, 0.1) is 31.5 Å². The molecular formula is C27H34N2O8. The SMILES string of the molecule is CCCCOCC(=O)N(C)c1cc(CC(N)C(=O)/C=C/c2cc(OC)c(O)c(OC)c2)ccc1C(=O)O. The normalized spacial score (nSPS) is 11.8. The predicted molar refractivity (Wildman–Crippen MR) is 139 cm³/mol. The predicted octanol–water partition coefficient (Wildman–Crippen LogP) is 3.04. The maximum Gasteiger partial charge on any atom is 0.337 e. The van der Waals surface area contributed by atoms with Gasteiger partial charge >= 0.3 is 5.97 Å². The number of ketones is 1. The van der Waals surface area contributed by atoms with Gasteiger partial charge in [0, 0.05) is 13.7 Å². The van der Waals surface area contributed by atoms with Gasteiger partial charge in [0.1, 0.15) is 6.61 Å². The summed E-state index contributed by atoms with van der Waals surface area (Å²) in [6.07, 6.45) is 4.71. The lowest BCUT2D eigenvalue weighted by atomic mass is 9.99. The van der Waals surface area contributed by atoms with Gasteiger partial charge in [0.15, 0.2) is 17.3 Å². The number of carbonyl (C=O) groups is 3. The highest BCUT2D eigenvalue weighted by molar-refractivity contribution is 6.02. The van der Waals surface area contributed by atoms with Crippen LogP contribution in [0.2, 0.25) is 0 Å². The van der Waals surface area contributed by atoms with Crippen LogP contribution in [0.5, 0.6) is 17.2 Å². The third-order valence-electron chi connectivity index (χ3n) is 5.66. The molecule has 1 amide bonds. The third kappa shape index (κ3) is 8.06. The summed E-state index contributed by atoms with van der Waals surface area (Å²) in [5, 5.41) is 19.6. The Labute approximate surface area is 216 Å². The lowest BCUT2D eigenvalue weighted by molar-refractivity contribution is -0.122. The Kier molecular flexibility index (Phi) is 11.1. The van der Waals surface area contributed by atoms with E-state index >= 15 is 0 Å². The summed E-state index contributed by atoms with van der Waals surface area (Å²) >= 11 is 0. The van der Waals surface area contributed by atoms with Gasteiger partial charge in [-0.25, -0.2) is 4.79 Å². The van der Waals surface area contributed by atoms with E-state index in [1.54, 1.807) is 24.3 Å². The molecule has 0 bridgehead atoms. The number of amides is 1. The summed E-state index contributed by atoms with van der Waals surface area (Å²) in [7, 11) is 4.28. The first kappa shape index (κ1) is 29.3. The molecule has 0 aliphatic carbocycles. The molecule has 0 aliphatic heterocycles. The average molecular weight is 515 g/mol. The summed E-state index contributed by atoms with van der Waals surface area (Å²) in [4.78, 5) is 38.2. The number of aromatic carboxylic acids is 1. The molecule has 1 atom stereocenters. The number of phenols is 1. The van der Waals surface area contributed by atoms with Crippen LogP contribution < -0.4 is 20.1 Å².